The average Bonchev–Trinajstić information content (AvgIpc) is 3.34. The largest absolute Gasteiger partial charge is 0.444 e. The lowest BCUT2D eigenvalue weighted by Crippen LogP contribution is -2.56. The number of hydrogen-bond acceptors (Lipinski definition) is 11. The number of halogens is 4. The van der Waals surface area contributed by atoms with E-state index in [9.17, 15) is 25.5 Å². The quantitative estimate of drug-likeness (QED) is 0.140. The van der Waals surface area contributed by atoms with Crippen LogP contribution in [0.3, 0.4) is 0 Å². The maximum Gasteiger partial charge on any atom is 0.410 e. The summed E-state index contributed by atoms with van der Waals surface area (Å²) in [5, 5.41) is 47.3. The molecular formula is C55H68Cl4N8O4. The molecule has 12 nitrogen and oxygen atoms in total. The second-order valence-electron chi connectivity index (χ2n) is 21.0. The van der Waals surface area contributed by atoms with Gasteiger partial charge in [-0.3, -0.25) is 9.80 Å². The highest BCUT2D eigenvalue weighted by Crippen LogP contribution is 2.40. The minimum absolute atomic E-state index is 0.00809. The van der Waals surface area contributed by atoms with Crippen LogP contribution in [-0.4, -0.2) is 126 Å². The van der Waals surface area contributed by atoms with Gasteiger partial charge in [0.25, 0.3) is 0 Å². The highest BCUT2D eigenvalue weighted by Gasteiger charge is 2.41. The lowest BCUT2D eigenvalue weighted by atomic mass is 9.81. The standard InChI is InChI=1S/C30H38Cl2N4O3.C25H30Cl2N4O/c1-29(2,3)39-28(37)35-13-11-23(12-14-35)30(4,38)20-34-15-16-36(26-10-5-21(18-33)17-25(26)32)27(19-34)22-6-8-24(31)9-7-22;1-25(32,20-8-10-29-11-9-20)17-30-12-13-31(23-7-2-18(15-28)14-22(23)27)24(16-30)19-3-5-21(26)6-4-19/h5-10,17,23,27,38H,11-16,19-20H2,1-4H3;2-7,14,20,24,29,32H,8-13,16-17H2,1H3/t27-,30+;24-,25+/m00/s1. The summed E-state index contributed by atoms with van der Waals surface area (Å²) in [7, 11) is 0. The van der Waals surface area contributed by atoms with Crippen molar-refractivity contribution >= 4 is 63.9 Å². The molecule has 0 bridgehead atoms. The predicted octanol–water partition coefficient (Wildman–Crippen LogP) is 10.6. The molecule has 16 heteroatoms. The summed E-state index contributed by atoms with van der Waals surface area (Å²) < 4.78 is 5.53. The summed E-state index contributed by atoms with van der Waals surface area (Å²) in [6, 6.07) is 31.0. The van der Waals surface area contributed by atoms with Crippen molar-refractivity contribution in [2.75, 3.05) is 88.3 Å². The van der Waals surface area contributed by atoms with Gasteiger partial charge in [-0.15, -0.1) is 0 Å². The Hall–Kier alpha value is -4.31. The molecule has 0 aromatic heterocycles. The molecule has 4 aliphatic rings. The number of nitrogens with zero attached hydrogens (tertiary/aromatic N) is 7. The van der Waals surface area contributed by atoms with Gasteiger partial charge in [0.15, 0.2) is 0 Å². The number of benzene rings is 4. The number of nitrogens with one attached hydrogen (secondary N) is 1. The molecule has 71 heavy (non-hydrogen) atoms. The number of β-amino-alcohol motifs (C(OH)–C–C–N with tert-alkyl or cyclic N) is 2. The molecule has 4 aromatic carbocycles. The minimum atomic E-state index is -0.904. The Morgan fingerprint density at radius 2 is 1.03 bits per heavy atom. The minimum Gasteiger partial charge on any atom is -0.444 e. The molecular weight excluding hydrogens is 978 g/mol. The van der Waals surface area contributed by atoms with E-state index in [4.69, 9.17) is 51.1 Å². The molecule has 8 rings (SSSR count). The smallest absolute Gasteiger partial charge is 0.410 e. The Labute approximate surface area is 440 Å². The highest BCUT2D eigenvalue weighted by atomic mass is 35.5. The first-order valence-corrected chi connectivity index (χ1v) is 26.3. The summed E-state index contributed by atoms with van der Waals surface area (Å²) in [6.07, 6.45) is 3.19. The van der Waals surface area contributed by atoms with Gasteiger partial charge in [-0.25, -0.2) is 4.79 Å². The molecule has 380 valence electrons. The van der Waals surface area contributed by atoms with E-state index in [0.29, 0.717) is 76.4 Å². The number of hydrogen-bond donors (Lipinski definition) is 3. The van der Waals surface area contributed by atoms with Crippen LogP contribution in [0.4, 0.5) is 16.2 Å². The Morgan fingerprint density at radius 1 is 0.620 bits per heavy atom. The van der Waals surface area contributed by atoms with E-state index in [1.165, 1.54) is 0 Å². The summed E-state index contributed by atoms with van der Waals surface area (Å²) in [4.78, 5) is 23.5. The van der Waals surface area contributed by atoms with E-state index in [1.54, 1.807) is 23.1 Å². The molecule has 3 N–H and O–H groups in total. The van der Waals surface area contributed by atoms with E-state index >= 15 is 0 Å². The van der Waals surface area contributed by atoms with E-state index in [1.807, 2.05) is 89.2 Å². The number of amides is 1. The lowest BCUT2D eigenvalue weighted by Gasteiger charge is -2.47. The monoisotopic (exact) mass is 1040 g/mol. The average molecular weight is 1050 g/mol. The van der Waals surface area contributed by atoms with Crippen molar-refractivity contribution < 1.29 is 19.7 Å². The Balaban J connectivity index is 0.000000213. The van der Waals surface area contributed by atoms with Gasteiger partial charge < -0.3 is 35.0 Å². The number of piperazine rings is 2. The van der Waals surface area contributed by atoms with Crippen LogP contribution >= 0.6 is 46.4 Å². The Kier molecular flexibility index (Phi) is 18.2. The number of nitriles is 2. The number of ether oxygens (including phenoxy) is 1. The van der Waals surface area contributed by atoms with Crippen molar-refractivity contribution in [2.24, 2.45) is 11.8 Å². The van der Waals surface area contributed by atoms with Crippen LogP contribution in [0.1, 0.15) is 94.6 Å². The fourth-order valence-corrected chi connectivity index (χ4v) is 11.6. The second-order valence-corrected chi connectivity index (χ2v) is 22.7. The van der Waals surface area contributed by atoms with Gasteiger partial charge in [0.2, 0.25) is 0 Å². The van der Waals surface area contributed by atoms with Gasteiger partial charge in [-0.05, 0) is 157 Å². The highest BCUT2D eigenvalue weighted by molar-refractivity contribution is 6.34. The second kappa shape index (κ2) is 23.7. The third kappa shape index (κ3) is 14.3. The van der Waals surface area contributed by atoms with Gasteiger partial charge in [0.1, 0.15) is 5.60 Å². The predicted molar refractivity (Wildman–Crippen MR) is 286 cm³/mol. The molecule has 0 saturated carbocycles. The zero-order valence-corrected chi connectivity index (χ0v) is 44.6. The molecule has 4 fully saturated rings. The van der Waals surface area contributed by atoms with Crippen LogP contribution in [0.25, 0.3) is 0 Å². The van der Waals surface area contributed by atoms with E-state index in [0.717, 1.165) is 87.5 Å². The number of likely N-dealkylation sites (tertiary alicyclic amines) is 1. The summed E-state index contributed by atoms with van der Waals surface area (Å²) >= 11 is 25.6. The number of piperidine rings is 2. The van der Waals surface area contributed by atoms with E-state index < -0.39 is 16.8 Å². The van der Waals surface area contributed by atoms with Crippen molar-refractivity contribution in [3.8, 4) is 12.1 Å². The number of carbonyl (C=O) groups excluding carboxylic acids is 1. The van der Waals surface area contributed by atoms with Crippen LogP contribution in [0.15, 0.2) is 84.9 Å². The first kappa shape index (κ1) is 54.5. The molecule has 4 atom stereocenters. The van der Waals surface area contributed by atoms with E-state index in [-0.39, 0.29) is 24.1 Å². The van der Waals surface area contributed by atoms with Gasteiger partial charge in [0.05, 0.1) is 68.0 Å². The van der Waals surface area contributed by atoms with E-state index in [2.05, 4.69) is 49.2 Å². The van der Waals surface area contributed by atoms with Gasteiger partial charge in [-0.1, -0.05) is 70.7 Å². The summed E-state index contributed by atoms with van der Waals surface area (Å²) in [5.41, 5.74) is 3.00. The van der Waals surface area contributed by atoms with Gasteiger partial charge >= 0.3 is 6.09 Å². The zero-order chi connectivity index (χ0) is 51.1. The molecule has 4 heterocycles. The first-order chi connectivity index (χ1) is 33.7. The molecule has 4 saturated heterocycles. The molecule has 0 unspecified atom stereocenters. The topological polar surface area (TPSA) is 143 Å². The first-order valence-electron chi connectivity index (χ1n) is 24.7. The van der Waals surface area contributed by atoms with Crippen molar-refractivity contribution in [1.29, 1.82) is 10.5 Å². The SMILES string of the molecule is CC(C)(C)OC(=O)N1CCC([C@](C)(O)CN2CCN(c3ccc(C#N)cc3Cl)[C@H](c3ccc(Cl)cc3)C2)CC1.C[C@@](O)(CN1CCN(c2ccc(C#N)cc2Cl)[C@H](c2ccc(Cl)cc2)C1)C1CCNCC1. The van der Waals surface area contributed by atoms with Crippen LogP contribution in [0.5, 0.6) is 0 Å². The number of carbonyl (C=O) groups is 1. The fourth-order valence-electron chi connectivity index (χ4n) is 10.7. The van der Waals surface area contributed by atoms with Crippen molar-refractivity contribution in [1.82, 2.24) is 20.0 Å². The fraction of sp³-hybridized carbons (Fsp3) is 0.509. The van der Waals surface area contributed by atoms with Crippen LogP contribution < -0.4 is 15.1 Å². The number of aliphatic hydroxyl groups is 2. The Morgan fingerprint density at radius 3 is 1.41 bits per heavy atom. The Bertz CT molecular complexity index is 2510. The molecule has 4 aromatic rings. The molecule has 0 spiro atoms. The number of anilines is 2. The van der Waals surface area contributed by atoms with Crippen molar-refractivity contribution in [2.45, 2.75) is 89.2 Å². The molecule has 4 aliphatic heterocycles. The lowest BCUT2D eigenvalue weighted by molar-refractivity contribution is -0.0564. The number of rotatable bonds is 10. The van der Waals surface area contributed by atoms with Gasteiger partial charge in [0, 0.05) is 75.5 Å². The molecule has 1 amide bonds. The molecule has 0 radical (unpaired) electrons. The molecule has 0 aliphatic carbocycles. The summed E-state index contributed by atoms with van der Waals surface area (Å²) in [5.74, 6) is 0.389. The summed E-state index contributed by atoms with van der Waals surface area (Å²) in [6.45, 7) is 18.4. The van der Waals surface area contributed by atoms with Gasteiger partial charge in [-0.2, -0.15) is 10.5 Å². The van der Waals surface area contributed by atoms with Crippen molar-refractivity contribution in [3.63, 3.8) is 0 Å². The third-order valence-electron chi connectivity index (χ3n) is 14.5. The maximum atomic E-state index is 12.5. The zero-order valence-electron chi connectivity index (χ0n) is 41.6. The van der Waals surface area contributed by atoms with Crippen LogP contribution in [0.2, 0.25) is 20.1 Å². The van der Waals surface area contributed by atoms with Crippen LogP contribution in [0, 0.1) is 34.5 Å². The third-order valence-corrected chi connectivity index (χ3v) is 15.7. The normalized spacial score (nSPS) is 21.5. The van der Waals surface area contributed by atoms with Crippen LogP contribution in [-0.2, 0) is 4.74 Å². The maximum absolute atomic E-state index is 12.5. The van der Waals surface area contributed by atoms with Crippen molar-refractivity contribution in [3.05, 3.63) is 127 Å².